The van der Waals surface area contributed by atoms with Gasteiger partial charge in [0.1, 0.15) is 0 Å². The first kappa shape index (κ1) is 6.05. The molecule has 2 unspecified atom stereocenters. The second-order valence-electron chi connectivity index (χ2n) is 2.42. The van der Waals surface area contributed by atoms with Crippen molar-refractivity contribution in [3.05, 3.63) is 6.92 Å². The molecule has 48 valence electrons. The maximum Gasteiger partial charge on any atom is 0.0435 e. The average Bonchev–Trinajstić information content (AvgIpc) is 1.64. The van der Waals surface area contributed by atoms with Crippen LogP contribution < -0.4 is 10.6 Å². The molecule has 0 amide bonds. The standard InChI is InChI=1S/C6H13N2/c1-5-3-6(2)8-4-7-5/h5-8H,1,3-4H2,2H3/q-1. The fourth-order valence-electron chi connectivity index (χ4n) is 0.971. The molecule has 8 heavy (non-hydrogen) atoms. The van der Waals surface area contributed by atoms with E-state index in [1.165, 1.54) is 0 Å². The fourth-order valence-corrected chi connectivity index (χ4v) is 0.971. The molecule has 2 nitrogen and oxygen atoms in total. The van der Waals surface area contributed by atoms with Crippen molar-refractivity contribution in [1.82, 2.24) is 10.6 Å². The highest BCUT2D eigenvalue weighted by Gasteiger charge is 2.07. The van der Waals surface area contributed by atoms with Crippen LogP contribution in [-0.4, -0.2) is 18.8 Å². The van der Waals surface area contributed by atoms with Crippen molar-refractivity contribution < 1.29 is 0 Å². The van der Waals surface area contributed by atoms with Gasteiger partial charge in [0.25, 0.3) is 0 Å². The van der Waals surface area contributed by atoms with Crippen LogP contribution in [0.4, 0.5) is 0 Å². The van der Waals surface area contributed by atoms with Crippen molar-refractivity contribution >= 4 is 0 Å². The highest BCUT2D eigenvalue weighted by Crippen LogP contribution is 1.99. The van der Waals surface area contributed by atoms with E-state index < -0.39 is 0 Å². The third-order valence-corrected chi connectivity index (χ3v) is 1.48. The normalized spacial score (nSPS) is 39.8. The minimum absolute atomic E-state index is 0.450. The molecule has 0 aromatic rings. The first-order valence-corrected chi connectivity index (χ1v) is 3.09. The minimum atomic E-state index is 0.450. The molecule has 0 spiro atoms. The van der Waals surface area contributed by atoms with Gasteiger partial charge in [-0.25, -0.2) is 0 Å². The van der Waals surface area contributed by atoms with Gasteiger partial charge in [0.05, 0.1) is 0 Å². The van der Waals surface area contributed by atoms with Crippen molar-refractivity contribution in [2.24, 2.45) is 0 Å². The lowest BCUT2D eigenvalue weighted by Crippen LogP contribution is -2.48. The van der Waals surface area contributed by atoms with E-state index in [0.29, 0.717) is 12.1 Å². The first-order valence-electron chi connectivity index (χ1n) is 3.09. The zero-order valence-corrected chi connectivity index (χ0v) is 5.28. The SMILES string of the molecule is [CH2-]C1CC(C)NCN1. The number of nitrogens with one attached hydrogen (secondary N) is 2. The maximum absolute atomic E-state index is 3.90. The highest BCUT2D eigenvalue weighted by atomic mass is 15.1. The second-order valence-corrected chi connectivity index (χ2v) is 2.42. The summed E-state index contributed by atoms with van der Waals surface area (Å²) in [5.41, 5.74) is 0. The molecule has 0 bridgehead atoms. The molecule has 1 rings (SSSR count). The molecule has 0 aliphatic carbocycles. The van der Waals surface area contributed by atoms with Gasteiger partial charge >= 0.3 is 0 Å². The zero-order valence-electron chi connectivity index (χ0n) is 5.28. The topological polar surface area (TPSA) is 24.1 Å². The smallest absolute Gasteiger partial charge is 0.0435 e. The van der Waals surface area contributed by atoms with Crippen LogP contribution in [0.1, 0.15) is 13.3 Å². The largest absolute Gasteiger partial charge is 0.332 e. The summed E-state index contributed by atoms with van der Waals surface area (Å²) in [7, 11) is 0. The molecule has 1 aliphatic heterocycles. The van der Waals surface area contributed by atoms with Crippen LogP contribution in [-0.2, 0) is 0 Å². The Labute approximate surface area is 50.7 Å². The van der Waals surface area contributed by atoms with Crippen molar-refractivity contribution in [2.75, 3.05) is 6.67 Å². The van der Waals surface area contributed by atoms with Gasteiger partial charge in [-0.2, -0.15) is 0 Å². The molecule has 2 N–H and O–H groups in total. The minimum Gasteiger partial charge on any atom is -0.332 e. The van der Waals surface area contributed by atoms with Crippen LogP contribution in [0.25, 0.3) is 0 Å². The van der Waals surface area contributed by atoms with E-state index >= 15 is 0 Å². The summed E-state index contributed by atoms with van der Waals surface area (Å²) in [6.07, 6.45) is 1.14. The third kappa shape index (κ3) is 1.46. The monoisotopic (exact) mass is 113 g/mol. The summed E-state index contributed by atoms with van der Waals surface area (Å²) in [5, 5.41) is 6.45. The summed E-state index contributed by atoms with van der Waals surface area (Å²) in [6, 6.07) is 1.09. The molecular formula is C6H13N2-. The predicted octanol–water partition coefficient (Wildman–Crippen LogP) is 0.118. The molecule has 0 aromatic heterocycles. The molecule has 0 radical (unpaired) electrons. The lowest BCUT2D eigenvalue weighted by molar-refractivity contribution is 0.363. The van der Waals surface area contributed by atoms with Crippen LogP contribution in [0.5, 0.6) is 0 Å². The summed E-state index contributed by atoms with van der Waals surface area (Å²) < 4.78 is 0. The van der Waals surface area contributed by atoms with Gasteiger partial charge in [0.15, 0.2) is 0 Å². The van der Waals surface area contributed by atoms with E-state index in [2.05, 4.69) is 24.5 Å². The summed E-state index contributed by atoms with van der Waals surface area (Å²) >= 11 is 0. The van der Waals surface area contributed by atoms with Crippen LogP contribution >= 0.6 is 0 Å². The highest BCUT2D eigenvalue weighted by molar-refractivity contribution is 4.78. The maximum atomic E-state index is 3.90. The van der Waals surface area contributed by atoms with Crippen molar-refractivity contribution in [3.63, 3.8) is 0 Å². The number of rotatable bonds is 0. The Kier molecular flexibility index (Phi) is 1.86. The van der Waals surface area contributed by atoms with Crippen molar-refractivity contribution in [2.45, 2.75) is 25.4 Å². The Morgan fingerprint density at radius 3 is 2.62 bits per heavy atom. The van der Waals surface area contributed by atoms with Crippen molar-refractivity contribution in [1.29, 1.82) is 0 Å². The van der Waals surface area contributed by atoms with E-state index in [1.54, 1.807) is 0 Å². The summed E-state index contributed by atoms with van der Waals surface area (Å²) in [5.74, 6) is 0. The Morgan fingerprint density at radius 1 is 1.50 bits per heavy atom. The molecule has 2 atom stereocenters. The Bertz CT molecular complexity index is 64.9. The van der Waals surface area contributed by atoms with Gasteiger partial charge in [0.2, 0.25) is 0 Å². The molecule has 1 heterocycles. The lowest BCUT2D eigenvalue weighted by Gasteiger charge is -2.30. The third-order valence-electron chi connectivity index (χ3n) is 1.48. The van der Waals surface area contributed by atoms with Gasteiger partial charge in [0, 0.05) is 12.7 Å². The molecule has 0 saturated carbocycles. The van der Waals surface area contributed by atoms with Gasteiger partial charge in [-0.1, -0.05) is 6.42 Å². The molecule has 2 heteroatoms. The molecule has 1 saturated heterocycles. The quantitative estimate of drug-likeness (QED) is 0.436. The van der Waals surface area contributed by atoms with Gasteiger partial charge < -0.3 is 17.6 Å². The number of hydrogen-bond acceptors (Lipinski definition) is 2. The van der Waals surface area contributed by atoms with Gasteiger partial charge in [-0.05, 0) is 6.92 Å². The Balaban J connectivity index is 2.23. The van der Waals surface area contributed by atoms with E-state index in [9.17, 15) is 0 Å². The van der Waals surface area contributed by atoms with E-state index in [-0.39, 0.29) is 0 Å². The van der Waals surface area contributed by atoms with Crippen LogP contribution in [0.2, 0.25) is 0 Å². The predicted molar refractivity (Wildman–Crippen MR) is 34.4 cm³/mol. The van der Waals surface area contributed by atoms with Crippen LogP contribution in [0, 0.1) is 6.92 Å². The molecule has 1 aliphatic rings. The van der Waals surface area contributed by atoms with Crippen molar-refractivity contribution in [3.8, 4) is 0 Å². The fraction of sp³-hybridized carbons (Fsp3) is 0.833. The molecule has 1 fully saturated rings. The first-order chi connectivity index (χ1) is 3.79. The van der Waals surface area contributed by atoms with E-state index in [0.717, 1.165) is 13.1 Å². The summed E-state index contributed by atoms with van der Waals surface area (Å²) in [6.45, 7) is 6.99. The van der Waals surface area contributed by atoms with Crippen LogP contribution in [0.3, 0.4) is 0 Å². The van der Waals surface area contributed by atoms with E-state index in [1.807, 2.05) is 0 Å². The Morgan fingerprint density at radius 2 is 2.25 bits per heavy atom. The van der Waals surface area contributed by atoms with Crippen LogP contribution in [0.15, 0.2) is 0 Å². The van der Waals surface area contributed by atoms with E-state index in [4.69, 9.17) is 0 Å². The second kappa shape index (κ2) is 2.46. The molecular weight excluding hydrogens is 100 g/mol. The Hall–Kier alpha value is -0.0800. The van der Waals surface area contributed by atoms with Gasteiger partial charge in [-0.3, -0.25) is 0 Å². The zero-order chi connectivity index (χ0) is 5.98. The number of hydrogen-bond donors (Lipinski definition) is 2. The van der Waals surface area contributed by atoms with Gasteiger partial charge in [-0.15, -0.1) is 6.04 Å². The summed E-state index contributed by atoms with van der Waals surface area (Å²) in [4.78, 5) is 0. The lowest BCUT2D eigenvalue weighted by atomic mass is 10.1. The molecule has 0 aromatic carbocycles. The average molecular weight is 113 g/mol.